The summed E-state index contributed by atoms with van der Waals surface area (Å²) in [6.07, 6.45) is 0. The summed E-state index contributed by atoms with van der Waals surface area (Å²) in [6, 6.07) is 3.22. The maximum atomic E-state index is 12.8. The second-order valence-electron chi connectivity index (χ2n) is 5.82. The Bertz CT molecular complexity index is 736. The number of hydrogen-bond acceptors (Lipinski definition) is 6. The van der Waals surface area contributed by atoms with Crippen molar-refractivity contribution < 1.29 is 33.8 Å². The van der Waals surface area contributed by atoms with Crippen molar-refractivity contribution in [3.8, 4) is 11.5 Å². The molecule has 10 nitrogen and oxygen atoms in total. The van der Waals surface area contributed by atoms with E-state index in [2.05, 4.69) is 10.6 Å². The highest BCUT2D eigenvalue weighted by Crippen LogP contribution is 2.28. The van der Waals surface area contributed by atoms with Crippen molar-refractivity contribution in [1.29, 1.82) is 0 Å². The first-order valence-electron chi connectivity index (χ1n) is 8.50. The van der Waals surface area contributed by atoms with E-state index < -0.39 is 17.9 Å². The quantitative estimate of drug-likeness (QED) is 0.502. The van der Waals surface area contributed by atoms with Gasteiger partial charge in [0.15, 0.2) is 18.1 Å². The van der Waals surface area contributed by atoms with Gasteiger partial charge in [-0.1, -0.05) is 0 Å². The van der Waals surface area contributed by atoms with E-state index in [1.807, 2.05) is 0 Å². The van der Waals surface area contributed by atoms with Gasteiger partial charge in [0.2, 0.25) is 5.91 Å². The number of carboxylic acids is 1. The highest BCUT2D eigenvalue weighted by Gasteiger charge is 2.27. The second kappa shape index (κ2) is 10.8. The van der Waals surface area contributed by atoms with Crippen molar-refractivity contribution in [2.75, 3.05) is 33.9 Å². The van der Waals surface area contributed by atoms with Crippen molar-refractivity contribution in [1.82, 2.24) is 15.5 Å². The summed E-state index contributed by atoms with van der Waals surface area (Å²) in [6.45, 7) is 2.62. The first-order chi connectivity index (χ1) is 13.2. The maximum Gasteiger partial charge on any atom is 0.326 e. The normalized spacial score (nSPS) is 11.1. The molecule has 1 rings (SSSR count). The Morgan fingerprint density at radius 3 is 2.43 bits per heavy atom. The molecule has 0 heterocycles. The number of methoxy groups -OCH3 is 1. The third-order valence-electron chi connectivity index (χ3n) is 3.86. The van der Waals surface area contributed by atoms with Gasteiger partial charge >= 0.3 is 5.97 Å². The van der Waals surface area contributed by atoms with Crippen LogP contribution < -0.4 is 20.1 Å². The summed E-state index contributed by atoms with van der Waals surface area (Å²) in [5.74, 6) is -1.85. The van der Waals surface area contributed by atoms with E-state index in [0.29, 0.717) is 0 Å². The molecule has 154 valence electrons. The van der Waals surface area contributed by atoms with Crippen LogP contribution in [0.2, 0.25) is 0 Å². The number of carbonyl (C=O) groups excluding carboxylic acids is 3. The molecule has 0 spiro atoms. The first kappa shape index (κ1) is 22.7. The number of benzene rings is 1. The summed E-state index contributed by atoms with van der Waals surface area (Å²) in [5, 5.41) is 14.2. The number of hydrogen-bond donors (Lipinski definition) is 3. The van der Waals surface area contributed by atoms with E-state index in [9.17, 15) is 24.3 Å². The monoisotopic (exact) mass is 395 g/mol. The van der Waals surface area contributed by atoms with Crippen LogP contribution in [-0.2, 0) is 14.4 Å². The standard InChI is InChI=1S/C18H25N3O7/c1-11(18(25)26)21(8-7-20-12(2)22)17(24)13-5-6-14(15(9-13)27-4)28-10-16(23)19-3/h5-6,9,11H,7-8,10H2,1-4H3,(H,19,23)(H,20,22)(H,25,26). The molecule has 1 aromatic carbocycles. The van der Waals surface area contributed by atoms with Gasteiger partial charge in [0.25, 0.3) is 11.8 Å². The van der Waals surface area contributed by atoms with Gasteiger partial charge in [-0.15, -0.1) is 0 Å². The molecule has 0 aliphatic heterocycles. The molecule has 28 heavy (non-hydrogen) atoms. The molecule has 0 aliphatic rings. The molecule has 3 N–H and O–H groups in total. The maximum absolute atomic E-state index is 12.8. The zero-order chi connectivity index (χ0) is 21.3. The minimum atomic E-state index is -1.17. The summed E-state index contributed by atoms with van der Waals surface area (Å²) >= 11 is 0. The molecule has 3 amide bonds. The van der Waals surface area contributed by atoms with Gasteiger partial charge in [-0.3, -0.25) is 14.4 Å². The number of likely N-dealkylation sites (N-methyl/N-ethyl adjacent to an activating group) is 1. The smallest absolute Gasteiger partial charge is 0.326 e. The number of ether oxygens (including phenoxy) is 2. The lowest BCUT2D eigenvalue weighted by Crippen LogP contribution is -2.46. The molecule has 0 saturated heterocycles. The highest BCUT2D eigenvalue weighted by molar-refractivity contribution is 5.97. The molecule has 0 radical (unpaired) electrons. The van der Waals surface area contributed by atoms with Crippen molar-refractivity contribution >= 4 is 23.7 Å². The number of nitrogens with zero attached hydrogens (tertiary/aromatic N) is 1. The Kier molecular flexibility index (Phi) is 8.73. The average molecular weight is 395 g/mol. The van der Waals surface area contributed by atoms with Crippen molar-refractivity contribution in [2.24, 2.45) is 0 Å². The molecule has 10 heteroatoms. The molecule has 1 unspecified atom stereocenters. The van der Waals surface area contributed by atoms with Gasteiger partial charge in [-0.25, -0.2) is 4.79 Å². The largest absolute Gasteiger partial charge is 0.493 e. The minimum absolute atomic E-state index is 0.0170. The van der Waals surface area contributed by atoms with Crippen molar-refractivity contribution in [3.63, 3.8) is 0 Å². The number of rotatable bonds is 10. The molecular weight excluding hydrogens is 370 g/mol. The fourth-order valence-corrected chi connectivity index (χ4v) is 2.26. The Morgan fingerprint density at radius 2 is 1.89 bits per heavy atom. The summed E-state index contributed by atoms with van der Waals surface area (Å²) < 4.78 is 10.6. The van der Waals surface area contributed by atoms with Crippen molar-refractivity contribution in [2.45, 2.75) is 19.9 Å². The fourth-order valence-electron chi connectivity index (χ4n) is 2.26. The molecule has 0 aliphatic carbocycles. The van der Waals surface area contributed by atoms with Crippen LogP contribution in [0.4, 0.5) is 0 Å². The van der Waals surface area contributed by atoms with Gasteiger partial charge in [0, 0.05) is 32.6 Å². The van der Waals surface area contributed by atoms with Crippen LogP contribution in [0.3, 0.4) is 0 Å². The van der Waals surface area contributed by atoms with E-state index in [4.69, 9.17) is 9.47 Å². The molecule has 1 aromatic rings. The van der Waals surface area contributed by atoms with E-state index in [1.54, 1.807) is 0 Å². The van der Waals surface area contributed by atoms with Gasteiger partial charge in [0.05, 0.1) is 7.11 Å². The fraction of sp³-hybridized carbons (Fsp3) is 0.444. The number of carboxylic acid groups (broad SMARTS) is 1. The van der Waals surface area contributed by atoms with Crippen LogP contribution in [0.25, 0.3) is 0 Å². The number of nitrogens with one attached hydrogen (secondary N) is 2. The van der Waals surface area contributed by atoms with Gasteiger partial charge < -0.3 is 30.1 Å². The van der Waals surface area contributed by atoms with E-state index >= 15 is 0 Å². The highest BCUT2D eigenvalue weighted by atomic mass is 16.5. The second-order valence-corrected chi connectivity index (χ2v) is 5.82. The van der Waals surface area contributed by atoms with Gasteiger partial charge in [-0.2, -0.15) is 0 Å². The summed E-state index contributed by atoms with van der Waals surface area (Å²) in [4.78, 5) is 47.7. The zero-order valence-corrected chi connectivity index (χ0v) is 16.3. The lowest BCUT2D eigenvalue weighted by Gasteiger charge is -2.27. The van der Waals surface area contributed by atoms with Crippen LogP contribution in [0.5, 0.6) is 11.5 Å². The van der Waals surface area contributed by atoms with Crippen molar-refractivity contribution in [3.05, 3.63) is 23.8 Å². The van der Waals surface area contributed by atoms with E-state index in [-0.39, 0.29) is 48.6 Å². The van der Waals surface area contributed by atoms with E-state index in [1.165, 1.54) is 46.2 Å². The number of amides is 3. The minimum Gasteiger partial charge on any atom is -0.493 e. The Morgan fingerprint density at radius 1 is 1.21 bits per heavy atom. The summed E-state index contributed by atoms with van der Waals surface area (Å²) in [7, 11) is 2.86. The summed E-state index contributed by atoms with van der Waals surface area (Å²) in [5.41, 5.74) is 0.181. The molecular formula is C18H25N3O7. The van der Waals surface area contributed by atoms with Crippen LogP contribution in [-0.4, -0.2) is 73.6 Å². The molecule has 0 aromatic heterocycles. The van der Waals surface area contributed by atoms with Gasteiger partial charge in [0.1, 0.15) is 6.04 Å². The number of aliphatic carboxylic acids is 1. The van der Waals surface area contributed by atoms with Gasteiger partial charge in [-0.05, 0) is 25.1 Å². The third-order valence-corrected chi connectivity index (χ3v) is 3.86. The molecule has 0 bridgehead atoms. The Balaban J connectivity index is 3.05. The Labute approximate surface area is 162 Å². The lowest BCUT2D eigenvalue weighted by atomic mass is 10.1. The average Bonchev–Trinajstić information content (AvgIpc) is 2.67. The molecule has 0 fully saturated rings. The van der Waals surface area contributed by atoms with Crippen LogP contribution >= 0.6 is 0 Å². The molecule has 1 atom stereocenters. The van der Waals surface area contributed by atoms with Crippen LogP contribution in [0.15, 0.2) is 18.2 Å². The Hall–Kier alpha value is -3.30. The predicted octanol–water partition coefficient (Wildman–Crippen LogP) is -0.129. The topological polar surface area (TPSA) is 134 Å². The number of carbonyl (C=O) groups is 4. The van der Waals surface area contributed by atoms with Crippen LogP contribution in [0.1, 0.15) is 24.2 Å². The zero-order valence-electron chi connectivity index (χ0n) is 16.3. The molecule has 0 saturated carbocycles. The lowest BCUT2D eigenvalue weighted by molar-refractivity contribution is -0.141. The third kappa shape index (κ3) is 6.45. The SMILES string of the molecule is CNC(=O)COc1ccc(C(=O)N(CCNC(C)=O)C(C)C(=O)O)cc1OC. The van der Waals surface area contributed by atoms with Crippen LogP contribution in [0, 0.1) is 0 Å². The predicted molar refractivity (Wildman–Crippen MR) is 99.4 cm³/mol. The van der Waals surface area contributed by atoms with E-state index in [0.717, 1.165) is 4.90 Å². The first-order valence-corrected chi connectivity index (χ1v) is 8.50.